The number of aromatic amines is 1. The third kappa shape index (κ3) is 2.18. The number of benzene rings is 1. The highest BCUT2D eigenvalue weighted by Crippen LogP contribution is 2.19. The Morgan fingerprint density at radius 1 is 1.38 bits per heavy atom. The van der Waals surface area contributed by atoms with Crippen molar-refractivity contribution < 1.29 is 0 Å². The van der Waals surface area contributed by atoms with Crippen LogP contribution in [0.1, 0.15) is 27.2 Å². The van der Waals surface area contributed by atoms with Crippen molar-refractivity contribution in [2.45, 2.75) is 33.2 Å². The van der Waals surface area contributed by atoms with E-state index in [-0.39, 0.29) is 0 Å². The maximum atomic E-state index is 4.02. The first-order valence-corrected chi connectivity index (χ1v) is 5.90. The number of aromatic nitrogens is 2. The van der Waals surface area contributed by atoms with Crippen molar-refractivity contribution in [2.24, 2.45) is 5.92 Å². The summed E-state index contributed by atoms with van der Waals surface area (Å²) < 4.78 is 0. The summed E-state index contributed by atoms with van der Waals surface area (Å²) in [5.74, 6) is 0.681. The van der Waals surface area contributed by atoms with Crippen molar-refractivity contribution in [1.82, 2.24) is 10.2 Å². The zero-order valence-corrected chi connectivity index (χ0v) is 10.1. The first kappa shape index (κ1) is 11.0. The number of anilines is 1. The SMILES string of the molecule is CCC(C)C(C)Nc1ccc2[nH]ncc2c1. The monoisotopic (exact) mass is 217 g/mol. The second-order valence-electron chi connectivity index (χ2n) is 4.49. The van der Waals surface area contributed by atoms with Gasteiger partial charge in [-0.05, 0) is 31.0 Å². The first-order chi connectivity index (χ1) is 7.70. The van der Waals surface area contributed by atoms with E-state index in [0.29, 0.717) is 12.0 Å². The topological polar surface area (TPSA) is 40.7 Å². The van der Waals surface area contributed by atoms with Gasteiger partial charge in [0.1, 0.15) is 0 Å². The lowest BCUT2D eigenvalue weighted by Crippen LogP contribution is -2.23. The molecule has 2 N–H and O–H groups in total. The summed E-state index contributed by atoms with van der Waals surface area (Å²) in [5.41, 5.74) is 2.25. The average molecular weight is 217 g/mol. The van der Waals surface area contributed by atoms with Gasteiger partial charge in [0.25, 0.3) is 0 Å². The Balaban J connectivity index is 2.14. The quantitative estimate of drug-likeness (QED) is 0.824. The summed E-state index contributed by atoms with van der Waals surface area (Å²) >= 11 is 0. The fourth-order valence-corrected chi connectivity index (χ4v) is 1.79. The second kappa shape index (κ2) is 4.56. The number of fused-ring (bicyclic) bond motifs is 1. The molecular formula is C13H19N3. The average Bonchev–Trinajstić information content (AvgIpc) is 2.75. The summed E-state index contributed by atoms with van der Waals surface area (Å²) in [7, 11) is 0. The van der Waals surface area contributed by atoms with E-state index >= 15 is 0 Å². The number of hydrogen-bond donors (Lipinski definition) is 2. The summed E-state index contributed by atoms with van der Waals surface area (Å²) in [4.78, 5) is 0. The van der Waals surface area contributed by atoms with Gasteiger partial charge in [0.2, 0.25) is 0 Å². The van der Waals surface area contributed by atoms with Crippen molar-refractivity contribution in [3.8, 4) is 0 Å². The highest BCUT2D eigenvalue weighted by atomic mass is 15.1. The summed E-state index contributed by atoms with van der Waals surface area (Å²) in [6, 6.07) is 6.79. The lowest BCUT2D eigenvalue weighted by atomic mass is 10.0. The van der Waals surface area contributed by atoms with E-state index in [0.717, 1.165) is 10.9 Å². The summed E-state index contributed by atoms with van der Waals surface area (Å²) in [5, 5.41) is 11.7. The Hall–Kier alpha value is -1.51. The van der Waals surface area contributed by atoms with Gasteiger partial charge in [-0.25, -0.2) is 0 Å². The van der Waals surface area contributed by atoms with Crippen molar-refractivity contribution in [3.63, 3.8) is 0 Å². The predicted octanol–water partition coefficient (Wildman–Crippen LogP) is 3.41. The minimum atomic E-state index is 0.495. The molecule has 2 rings (SSSR count). The standard InChI is InChI=1S/C13H19N3/c1-4-9(2)10(3)15-12-5-6-13-11(7-12)8-14-16-13/h5-10,15H,4H2,1-3H3,(H,14,16). The molecule has 0 aliphatic heterocycles. The van der Waals surface area contributed by atoms with Crippen LogP contribution < -0.4 is 5.32 Å². The lowest BCUT2D eigenvalue weighted by molar-refractivity contribution is 0.495. The Morgan fingerprint density at radius 2 is 2.19 bits per heavy atom. The Bertz CT molecular complexity index is 461. The van der Waals surface area contributed by atoms with Gasteiger partial charge < -0.3 is 5.32 Å². The largest absolute Gasteiger partial charge is 0.382 e. The molecule has 0 fully saturated rings. The van der Waals surface area contributed by atoms with Crippen LogP contribution >= 0.6 is 0 Å². The molecule has 1 aromatic heterocycles. The fourth-order valence-electron chi connectivity index (χ4n) is 1.79. The van der Waals surface area contributed by atoms with Crippen LogP contribution in [0, 0.1) is 5.92 Å². The number of nitrogens with zero attached hydrogens (tertiary/aromatic N) is 1. The van der Waals surface area contributed by atoms with Crippen LogP contribution in [0.4, 0.5) is 5.69 Å². The first-order valence-electron chi connectivity index (χ1n) is 5.90. The van der Waals surface area contributed by atoms with E-state index in [2.05, 4.69) is 54.5 Å². The fraction of sp³-hybridized carbons (Fsp3) is 0.462. The molecule has 0 saturated carbocycles. The molecule has 3 heteroatoms. The van der Waals surface area contributed by atoms with E-state index < -0.39 is 0 Å². The second-order valence-corrected chi connectivity index (χ2v) is 4.49. The lowest BCUT2D eigenvalue weighted by Gasteiger charge is -2.21. The van der Waals surface area contributed by atoms with Gasteiger partial charge in [-0.3, -0.25) is 5.10 Å². The van der Waals surface area contributed by atoms with Crippen LogP contribution in [-0.2, 0) is 0 Å². The van der Waals surface area contributed by atoms with Crippen LogP contribution in [0.3, 0.4) is 0 Å². The Morgan fingerprint density at radius 3 is 2.94 bits per heavy atom. The zero-order chi connectivity index (χ0) is 11.5. The van der Waals surface area contributed by atoms with Gasteiger partial charge in [-0.15, -0.1) is 0 Å². The summed E-state index contributed by atoms with van der Waals surface area (Å²) in [6.45, 7) is 6.73. The zero-order valence-electron chi connectivity index (χ0n) is 10.1. The highest BCUT2D eigenvalue weighted by molar-refractivity contribution is 5.81. The molecule has 2 unspecified atom stereocenters. The Kier molecular flexibility index (Phi) is 3.13. The molecule has 0 amide bonds. The molecule has 16 heavy (non-hydrogen) atoms. The molecule has 1 aromatic carbocycles. The molecule has 0 bridgehead atoms. The number of hydrogen-bond acceptors (Lipinski definition) is 2. The maximum Gasteiger partial charge on any atom is 0.0651 e. The minimum Gasteiger partial charge on any atom is -0.382 e. The highest BCUT2D eigenvalue weighted by Gasteiger charge is 2.09. The molecule has 1 heterocycles. The minimum absolute atomic E-state index is 0.495. The van der Waals surface area contributed by atoms with Crippen molar-refractivity contribution in [2.75, 3.05) is 5.32 Å². The third-order valence-electron chi connectivity index (χ3n) is 3.33. The molecule has 2 atom stereocenters. The molecule has 86 valence electrons. The molecule has 3 nitrogen and oxygen atoms in total. The number of nitrogens with one attached hydrogen (secondary N) is 2. The molecule has 2 aromatic rings. The van der Waals surface area contributed by atoms with Crippen molar-refractivity contribution in [1.29, 1.82) is 0 Å². The van der Waals surface area contributed by atoms with Gasteiger partial charge >= 0.3 is 0 Å². The molecule has 0 radical (unpaired) electrons. The predicted molar refractivity (Wildman–Crippen MR) is 68.6 cm³/mol. The number of H-pyrrole nitrogens is 1. The third-order valence-corrected chi connectivity index (χ3v) is 3.33. The van der Waals surface area contributed by atoms with E-state index in [4.69, 9.17) is 0 Å². The van der Waals surface area contributed by atoms with Crippen molar-refractivity contribution >= 4 is 16.6 Å². The van der Waals surface area contributed by atoms with Crippen LogP contribution in [0.25, 0.3) is 10.9 Å². The Labute approximate surface area is 96.2 Å². The van der Waals surface area contributed by atoms with E-state index in [1.165, 1.54) is 12.1 Å². The summed E-state index contributed by atoms with van der Waals surface area (Å²) in [6.07, 6.45) is 3.05. The molecule has 0 saturated heterocycles. The van der Waals surface area contributed by atoms with Crippen LogP contribution in [0.5, 0.6) is 0 Å². The van der Waals surface area contributed by atoms with Gasteiger partial charge in [0.15, 0.2) is 0 Å². The van der Waals surface area contributed by atoms with Crippen LogP contribution in [0.15, 0.2) is 24.4 Å². The van der Waals surface area contributed by atoms with Crippen molar-refractivity contribution in [3.05, 3.63) is 24.4 Å². The normalized spacial score (nSPS) is 14.9. The van der Waals surface area contributed by atoms with Gasteiger partial charge in [-0.1, -0.05) is 20.3 Å². The molecule has 0 aliphatic rings. The maximum absolute atomic E-state index is 4.02. The molecule has 0 aliphatic carbocycles. The van der Waals surface area contributed by atoms with Crippen LogP contribution in [0.2, 0.25) is 0 Å². The molecular weight excluding hydrogens is 198 g/mol. The van der Waals surface area contributed by atoms with Gasteiger partial charge in [-0.2, -0.15) is 5.10 Å². The molecule has 0 spiro atoms. The van der Waals surface area contributed by atoms with Gasteiger partial charge in [0, 0.05) is 17.1 Å². The smallest absolute Gasteiger partial charge is 0.0651 e. The van der Waals surface area contributed by atoms with Crippen LogP contribution in [-0.4, -0.2) is 16.2 Å². The van der Waals surface area contributed by atoms with E-state index in [9.17, 15) is 0 Å². The van der Waals surface area contributed by atoms with Gasteiger partial charge in [0.05, 0.1) is 11.7 Å². The number of rotatable bonds is 4. The van der Waals surface area contributed by atoms with E-state index in [1.807, 2.05) is 6.20 Å². The van der Waals surface area contributed by atoms with E-state index in [1.54, 1.807) is 0 Å².